The molecule has 0 aliphatic heterocycles. The molecule has 0 spiro atoms. The van der Waals surface area contributed by atoms with E-state index < -0.39 is 0 Å². The summed E-state index contributed by atoms with van der Waals surface area (Å²) in [6.07, 6.45) is 3.35. The Bertz CT molecular complexity index is 273. The van der Waals surface area contributed by atoms with E-state index in [1.54, 1.807) is 16.7 Å². The van der Waals surface area contributed by atoms with Crippen LogP contribution in [0.2, 0.25) is 0 Å². The first kappa shape index (κ1) is 9.13. The monoisotopic (exact) mass is 180 g/mol. The highest BCUT2D eigenvalue weighted by atomic mass is 32.2. The molecule has 0 saturated heterocycles. The van der Waals surface area contributed by atoms with Gasteiger partial charge in [0.25, 0.3) is 0 Å². The molecule has 0 atom stereocenters. The minimum atomic E-state index is 1.05. The molecule has 0 unspecified atom stereocenters. The van der Waals surface area contributed by atoms with E-state index in [4.69, 9.17) is 5.41 Å². The van der Waals surface area contributed by atoms with Crippen molar-refractivity contribution in [2.45, 2.75) is 4.90 Å². The van der Waals surface area contributed by atoms with E-state index in [1.165, 1.54) is 11.2 Å². The molecule has 1 rings (SSSR count). The molecule has 2 nitrogen and oxygen atoms in total. The van der Waals surface area contributed by atoms with Gasteiger partial charge in [0.15, 0.2) is 0 Å². The maximum atomic E-state index is 7.07. The summed E-state index contributed by atoms with van der Waals surface area (Å²) in [5, 5.41) is 7.07. The van der Waals surface area contributed by atoms with Crippen molar-refractivity contribution in [3.05, 3.63) is 24.3 Å². The Kier molecular flexibility index (Phi) is 3.17. The maximum absolute atomic E-state index is 7.07. The SMILES string of the molecule is CSc1cccc(N(C)C=N)c1. The number of rotatable bonds is 3. The number of nitrogens with one attached hydrogen (secondary N) is 1. The Morgan fingerprint density at radius 1 is 1.50 bits per heavy atom. The molecule has 12 heavy (non-hydrogen) atoms. The second kappa shape index (κ2) is 4.16. The summed E-state index contributed by atoms with van der Waals surface area (Å²) in [5.41, 5.74) is 1.05. The zero-order valence-electron chi connectivity index (χ0n) is 7.24. The zero-order chi connectivity index (χ0) is 8.97. The summed E-state index contributed by atoms with van der Waals surface area (Å²) in [6.45, 7) is 0. The van der Waals surface area contributed by atoms with Gasteiger partial charge in [0.2, 0.25) is 0 Å². The van der Waals surface area contributed by atoms with Gasteiger partial charge in [-0.2, -0.15) is 0 Å². The first-order valence-electron chi connectivity index (χ1n) is 3.65. The highest BCUT2D eigenvalue weighted by Crippen LogP contribution is 2.20. The van der Waals surface area contributed by atoms with Crippen LogP contribution in [0.1, 0.15) is 0 Å². The van der Waals surface area contributed by atoms with Gasteiger partial charge in [-0.15, -0.1) is 11.8 Å². The van der Waals surface area contributed by atoms with Crippen molar-refractivity contribution < 1.29 is 0 Å². The third-order valence-electron chi connectivity index (χ3n) is 1.65. The van der Waals surface area contributed by atoms with E-state index >= 15 is 0 Å². The number of anilines is 1. The van der Waals surface area contributed by atoms with Crippen LogP contribution in [-0.2, 0) is 0 Å². The molecule has 0 amide bonds. The van der Waals surface area contributed by atoms with Gasteiger partial charge in [0, 0.05) is 17.6 Å². The van der Waals surface area contributed by atoms with Gasteiger partial charge in [-0.05, 0) is 24.5 Å². The van der Waals surface area contributed by atoms with Gasteiger partial charge in [-0.1, -0.05) is 6.07 Å². The molecule has 1 N–H and O–H groups in total. The molecule has 0 radical (unpaired) electrons. The van der Waals surface area contributed by atoms with Crippen LogP contribution in [0.5, 0.6) is 0 Å². The Morgan fingerprint density at radius 3 is 2.83 bits per heavy atom. The van der Waals surface area contributed by atoms with E-state index in [1.807, 2.05) is 25.4 Å². The standard InChI is InChI=1S/C9H12N2S/c1-11(7-10)8-4-3-5-9(6-8)12-2/h3-7,10H,1-2H3. The molecule has 0 aliphatic rings. The molecule has 1 aromatic rings. The Labute approximate surface area is 77.1 Å². The zero-order valence-corrected chi connectivity index (χ0v) is 8.06. The van der Waals surface area contributed by atoms with Crippen LogP contribution >= 0.6 is 11.8 Å². The summed E-state index contributed by atoms with van der Waals surface area (Å²) >= 11 is 1.71. The van der Waals surface area contributed by atoms with Gasteiger partial charge in [-0.25, -0.2) is 0 Å². The minimum absolute atomic E-state index is 1.05. The summed E-state index contributed by atoms with van der Waals surface area (Å²) in [7, 11) is 1.87. The molecule has 0 heterocycles. The highest BCUT2D eigenvalue weighted by Gasteiger charge is 1.96. The molecule has 0 aromatic heterocycles. The summed E-state index contributed by atoms with van der Waals surface area (Å²) in [4.78, 5) is 3.00. The maximum Gasteiger partial charge on any atom is 0.0859 e. The Balaban J connectivity index is 2.93. The topological polar surface area (TPSA) is 27.1 Å². The summed E-state index contributed by atoms with van der Waals surface area (Å²) < 4.78 is 0. The van der Waals surface area contributed by atoms with Crippen molar-refractivity contribution in [2.75, 3.05) is 18.2 Å². The highest BCUT2D eigenvalue weighted by molar-refractivity contribution is 7.98. The van der Waals surface area contributed by atoms with Crippen LogP contribution in [-0.4, -0.2) is 19.6 Å². The third kappa shape index (κ3) is 2.01. The van der Waals surface area contributed by atoms with Crippen molar-refractivity contribution in [1.82, 2.24) is 0 Å². The molecular weight excluding hydrogens is 168 g/mol. The van der Waals surface area contributed by atoms with E-state index in [0.29, 0.717) is 0 Å². The van der Waals surface area contributed by atoms with Gasteiger partial charge in [-0.3, -0.25) is 5.41 Å². The normalized spacial score (nSPS) is 9.50. The second-order valence-electron chi connectivity index (χ2n) is 2.44. The quantitative estimate of drug-likeness (QED) is 0.439. The number of hydrogen-bond acceptors (Lipinski definition) is 2. The summed E-state index contributed by atoms with van der Waals surface area (Å²) in [6, 6.07) is 8.12. The first-order chi connectivity index (χ1) is 5.77. The van der Waals surface area contributed by atoms with E-state index in [9.17, 15) is 0 Å². The molecule has 3 heteroatoms. The fraction of sp³-hybridized carbons (Fsp3) is 0.222. The fourth-order valence-electron chi connectivity index (χ4n) is 0.904. The van der Waals surface area contributed by atoms with Crippen LogP contribution in [0.25, 0.3) is 0 Å². The van der Waals surface area contributed by atoms with Crippen LogP contribution < -0.4 is 4.90 Å². The lowest BCUT2D eigenvalue weighted by Crippen LogP contribution is -2.12. The van der Waals surface area contributed by atoms with Crippen molar-refractivity contribution in [1.29, 1.82) is 5.41 Å². The van der Waals surface area contributed by atoms with Crippen LogP contribution in [0, 0.1) is 5.41 Å². The Morgan fingerprint density at radius 2 is 2.25 bits per heavy atom. The Hall–Kier alpha value is -0.960. The molecule has 0 fully saturated rings. The predicted octanol–water partition coefficient (Wildman–Crippen LogP) is 2.45. The molecule has 1 aromatic carbocycles. The van der Waals surface area contributed by atoms with Gasteiger partial charge >= 0.3 is 0 Å². The molecule has 0 bridgehead atoms. The van der Waals surface area contributed by atoms with E-state index in [-0.39, 0.29) is 0 Å². The smallest absolute Gasteiger partial charge is 0.0859 e. The molecule has 64 valence electrons. The van der Waals surface area contributed by atoms with Crippen molar-refractivity contribution >= 4 is 23.8 Å². The number of benzene rings is 1. The van der Waals surface area contributed by atoms with Gasteiger partial charge in [0.1, 0.15) is 0 Å². The van der Waals surface area contributed by atoms with Crippen molar-refractivity contribution in [3.8, 4) is 0 Å². The van der Waals surface area contributed by atoms with Crippen LogP contribution in [0.3, 0.4) is 0 Å². The van der Waals surface area contributed by atoms with Crippen LogP contribution in [0.15, 0.2) is 29.2 Å². The van der Waals surface area contributed by atoms with E-state index in [0.717, 1.165) is 5.69 Å². The molecule has 0 aliphatic carbocycles. The lowest BCUT2D eigenvalue weighted by atomic mass is 10.3. The number of nitrogens with zero attached hydrogens (tertiary/aromatic N) is 1. The fourth-order valence-corrected chi connectivity index (χ4v) is 1.36. The number of hydrogen-bond donors (Lipinski definition) is 1. The average Bonchev–Trinajstić information content (AvgIpc) is 2.17. The molecule has 0 saturated carbocycles. The number of thioether (sulfide) groups is 1. The van der Waals surface area contributed by atoms with Crippen molar-refractivity contribution in [2.24, 2.45) is 0 Å². The van der Waals surface area contributed by atoms with Gasteiger partial charge < -0.3 is 4.90 Å². The second-order valence-corrected chi connectivity index (χ2v) is 3.32. The lowest BCUT2D eigenvalue weighted by molar-refractivity contribution is 1.25. The lowest BCUT2D eigenvalue weighted by Gasteiger charge is -2.12. The van der Waals surface area contributed by atoms with Crippen molar-refractivity contribution in [3.63, 3.8) is 0 Å². The third-order valence-corrected chi connectivity index (χ3v) is 2.38. The minimum Gasteiger partial charge on any atom is -0.336 e. The first-order valence-corrected chi connectivity index (χ1v) is 4.88. The largest absolute Gasteiger partial charge is 0.336 e. The summed E-state index contributed by atoms with van der Waals surface area (Å²) in [5.74, 6) is 0. The molecular formula is C9H12N2S. The average molecular weight is 180 g/mol. The van der Waals surface area contributed by atoms with Crippen LogP contribution in [0.4, 0.5) is 5.69 Å². The van der Waals surface area contributed by atoms with E-state index in [2.05, 4.69) is 12.1 Å². The predicted molar refractivity (Wildman–Crippen MR) is 55.4 cm³/mol. The van der Waals surface area contributed by atoms with Gasteiger partial charge in [0.05, 0.1) is 6.34 Å².